The van der Waals surface area contributed by atoms with Gasteiger partial charge in [-0.1, -0.05) is 109 Å². The molecule has 0 aliphatic carbocycles. The van der Waals surface area contributed by atoms with Gasteiger partial charge in [-0.15, -0.1) is 0 Å². The summed E-state index contributed by atoms with van der Waals surface area (Å²) >= 11 is 0. The standard InChI is InChI=1S/C38H30N2O10S4/c41-51(42,35-21-15-29(16-22-35)27-7-3-1-4-8-27)39-33-19-13-31(37(25-33)53(45,46)47)11-12-32-14-20-34(26-38(32)54(48,49)50)40-52(43,44)36-23-17-30(18-24-36)28-9-5-2-6-10-28/h1-26,39-40H,(H,45,46,47)(H,48,49,50)/p-2/b12-11+. The van der Waals surface area contributed by atoms with Crippen LogP contribution in [0.3, 0.4) is 0 Å². The van der Waals surface area contributed by atoms with Gasteiger partial charge >= 0.3 is 0 Å². The van der Waals surface area contributed by atoms with Gasteiger partial charge in [-0.05, 0) is 81.9 Å². The highest BCUT2D eigenvalue weighted by molar-refractivity contribution is 7.93. The first-order valence-electron chi connectivity index (χ1n) is 15.7. The van der Waals surface area contributed by atoms with Crippen LogP contribution in [0.1, 0.15) is 11.1 Å². The molecule has 0 saturated carbocycles. The number of rotatable bonds is 12. The zero-order chi connectivity index (χ0) is 38.7. The number of hydrogen-bond donors (Lipinski definition) is 2. The molecule has 0 saturated heterocycles. The van der Waals surface area contributed by atoms with Crippen molar-refractivity contribution in [1.29, 1.82) is 0 Å². The fourth-order valence-corrected chi connectivity index (χ4v) is 8.92. The third-order valence-corrected chi connectivity index (χ3v) is 12.6. The molecule has 276 valence electrons. The Balaban J connectivity index is 1.24. The van der Waals surface area contributed by atoms with Crippen LogP contribution in [0.15, 0.2) is 165 Å². The fraction of sp³-hybridized carbons (Fsp3) is 0. The maximum atomic E-state index is 13.1. The zero-order valence-electron chi connectivity index (χ0n) is 27.7. The average Bonchev–Trinajstić information content (AvgIpc) is 3.14. The van der Waals surface area contributed by atoms with Gasteiger partial charge < -0.3 is 9.11 Å². The summed E-state index contributed by atoms with van der Waals surface area (Å²) in [6, 6.07) is 36.6. The highest BCUT2D eigenvalue weighted by Crippen LogP contribution is 2.29. The Kier molecular flexibility index (Phi) is 10.6. The van der Waals surface area contributed by atoms with Gasteiger partial charge in [0.05, 0.1) is 31.0 Å². The molecule has 6 rings (SSSR count). The molecule has 0 atom stereocenters. The highest BCUT2D eigenvalue weighted by atomic mass is 32.2. The number of benzene rings is 6. The maximum absolute atomic E-state index is 13.1. The summed E-state index contributed by atoms with van der Waals surface area (Å²) in [7, 11) is -18.9. The van der Waals surface area contributed by atoms with Crippen molar-refractivity contribution in [3.8, 4) is 22.3 Å². The summed E-state index contributed by atoms with van der Waals surface area (Å²) in [6.45, 7) is 0. The Hall–Kier alpha value is -5.62. The largest absolute Gasteiger partial charge is 0.744 e. The van der Waals surface area contributed by atoms with Crippen molar-refractivity contribution >= 4 is 63.8 Å². The van der Waals surface area contributed by atoms with E-state index in [-0.39, 0.29) is 32.3 Å². The van der Waals surface area contributed by atoms with E-state index >= 15 is 0 Å². The lowest BCUT2D eigenvalue weighted by Crippen LogP contribution is -2.14. The molecule has 0 heterocycles. The topological polar surface area (TPSA) is 207 Å². The van der Waals surface area contributed by atoms with Crippen molar-refractivity contribution in [2.24, 2.45) is 0 Å². The first-order valence-corrected chi connectivity index (χ1v) is 21.5. The third-order valence-electron chi connectivity index (χ3n) is 8.06. The third kappa shape index (κ3) is 8.94. The predicted octanol–water partition coefficient (Wildman–Crippen LogP) is 6.60. The van der Waals surface area contributed by atoms with Gasteiger partial charge in [0.15, 0.2) is 0 Å². The van der Waals surface area contributed by atoms with E-state index in [0.717, 1.165) is 58.7 Å². The van der Waals surface area contributed by atoms with Crippen LogP contribution in [0, 0.1) is 0 Å². The van der Waals surface area contributed by atoms with Crippen molar-refractivity contribution in [2.45, 2.75) is 19.6 Å². The molecule has 0 aliphatic heterocycles. The van der Waals surface area contributed by atoms with Gasteiger partial charge in [0.1, 0.15) is 20.2 Å². The van der Waals surface area contributed by atoms with Crippen molar-refractivity contribution in [3.05, 3.63) is 157 Å². The second kappa shape index (κ2) is 15.0. The van der Waals surface area contributed by atoms with Crippen LogP contribution >= 0.6 is 0 Å². The van der Waals surface area contributed by atoms with E-state index in [1.807, 2.05) is 60.7 Å². The molecule has 6 aromatic carbocycles. The average molecular weight is 801 g/mol. The molecular formula is C38H28N2O10S4-2. The van der Waals surface area contributed by atoms with Crippen LogP contribution in [0.5, 0.6) is 0 Å². The molecule has 6 aromatic rings. The Morgan fingerprint density at radius 2 is 0.704 bits per heavy atom. The SMILES string of the molecule is O=S(=O)([O-])c1cc(NS(=O)(=O)c2ccc(-c3ccccc3)cc2)ccc1/C=C/c1ccc(NS(=O)(=O)c2ccc(-c3ccccc3)cc2)cc1S(=O)(=O)[O-]. The molecule has 0 fully saturated rings. The Bertz CT molecular complexity index is 2620. The normalized spacial score (nSPS) is 12.4. The molecular weight excluding hydrogens is 773 g/mol. The van der Waals surface area contributed by atoms with Gasteiger partial charge in [0, 0.05) is 0 Å². The monoisotopic (exact) mass is 800 g/mol. The molecule has 0 aromatic heterocycles. The van der Waals surface area contributed by atoms with Crippen LogP contribution in [0.25, 0.3) is 34.4 Å². The molecule has 0 radical (unpaired) electrons. The molecule has 0 aliphatic rings. The van der Waals surface area contributed by atoms with Crippen molar-refractivity contribution in [3.63, 3.8) is 0 Å². The minimum absolute atomic E-state index is 0.129. The van der Waals surface area contributed by atoms with Crippen LogP contribution < -0.4 is 9.44 Å². The number of nitrogens with one attached hydrogen (secondary N) is 2. The lowest BCUT2D eigenvalue weighted by Gasteiger charge is -2.16. The summed E-state index contributed by atoms with van der Waals surface area (Å²) < 4.78 is 131. The van der Waals surface area contributed by atoms with Gasteiger partial charge in [0.25, 0.3) is 20.0 Å². The van der Waals surface area contributed by atoms with Gasteiger partial charge in [0.2, 0.25) is 0 Å². The Morgan fingerprint density at radius 1 is 0.389 bits per heavy atom. The zero-order valence-corrected chi connectivity index (χ0v) is 31.0. The second-order valence-electron chi connectivity index (χ2n) is 11.7. The first kappa shape index (κ1) is 38.1. The second-order valence-corrected chi connectivity index (χ2v) is 17.8. The molecule has 0 unspecified atom stereocenters. The van der Waals surface area contributed by atoms with Gasteiger partial charge in [-0.3, -0.25) is 9.44 Å². The van der Waals surface area contributed by atoms with Crippen LogP contribution in [0.2, 0.25) is 0 Å². The Morgan fingerprint density at radius 3 is 1.02 bits per heavy atom. The van der Waals surface area contributed by atoms with Crippen LogP contribution in [0.4, 0.5) is 11.4 Å². The van der Waals surface area contributed by atoms with E-state index in [0.29, 0.717) is 0 Å². The fourth-order valence-electron chi connectivity index (χ4n) is 5.43. The lowest BCUT2D eigenvalue weighted by molar-refractivity contribution is 0.460. The first-order chi connectivity index (χ1) is 25.5. The number of hydrogen-bond acceptors (Lipinski definition) is 10. The minimum atomic E-state index is -5.22. The van der Waals surface area contributed by atoms with Gasteiger partial charge in [-0.2, -0.15) is 0 Å². The van der Waals surface area contributed by atoms with E-state index in [4.69, 9.17) is 0 Å². The van der Waals surface area contributed by atoms with E-state index in [1.54, 1.807) is 24.3 Å². The lowest BCUT2D eigenvalue weighted by atomic mass is 10.1. The molecule has 12 nitrogen and oxygen atoms in total. The van der Waals surface area contributed by atoms with E-state index in [2.05, 4.69) is 9.44 Å². The smallest absolute Gasteiger partial charge is 0.261 e. The molecule has 2 N–H and O–H groups in total. The molecule has 0 amide bonds. The highest BCUT2D eigenvalue weighted by Gasteiger charge is 2.19. The number of sulfonamides is 2. The minimum Gasteiger partial charge on any atom is -0.744 e. The summed E-state index contributed by atoms with van der Waals surface area (Å²) in [5.41, 5.74) is 2.26. The predicted molar refractivity (Wildman–Crippen MR) is 203 cm³/mol. The maximum Gasteiger partial charge on any atom is 0.261 e. The molecule has 16 heteroatoms. The summed E-state index contributed by atoms with van der Waals surface area (Å²) in [6.07, 6.45) is 2.10. The summed E-state index contributed by atoms with van der Waals surface area (Å²) in [5.74, 6) is 0. The summed E-state index contributed by atoms with van der Waals surface area (Å²) in [5, 5.41) is 0. The van der Waals surface area contributed by atoms with Crippen molar-refractivity contribution in [1.82, 2.24) is 0 Å². The quantitative estimate of drug-likeness (QED) is 0.100. The van der Waals surface area contributed by atoms with Crippen LogP contribution in [-0.4, -0.2) is 42.8 Å². The van der Waals surface area contributed by atoms with Crippen molar-refractivity contribution < 1.29 is 42.8 Å². The Labute approximate surface area is 313 Å². The van der Waals surface area contributed by atoms with Crippen molar-refractivity contribution in [2.75, 3.05) is 9.44 Å². The van der Waals surface area contributed by atoms with E-state index < -0.39 is 50.1 Å². The van der Waals surface area contributed by atoms with E-state index in [1.165, 1.54) is 36.4 Å². The molecule has 54 heavy (non-hydrogen) atoms. The van der Waals surface area contributed by atoms with Gasteiger partial charge in [-0.25, -0.2) is 33.7 Å². The summed E-state index contributed by atoms with van der Waals surface area (Å²) in [4.78, 5) is -1.94. The van der Waals surface area contributed by atoms with Crippen LogP contribution in [-0.2, 0) is 40.3 Å². The molecule has 0 bridgehead atoms. The van der Waals surface area contributed by atoms with E-state index in [9.17, 15) is 42.8 Å². The molecule has 0 spiro atoms. The number of anilines is 2.